The molecular formula is C13H9ClOS. The first-order valence-corrected chi connectivity index (χ1v) is 5.89. The average molecular weight is 249 g/mol. The van der Waals surface area contributed by atoms with Gasteiger partial charge in [-0.15, -0.1) is 22.9 Å². The van der Waals surface area contributed by atoms with Crippen molar-refractivity contribution in [2.24, 2.45) is 0 Å². The Morgan fingerprint density at radius 2 is 2.00 bits per heavy atom. The standard InChI is InChI=1S/C13H9ClOS/c1-2-3-4-5-12-8-9-13(16-12)7-6-11(15)10-14/h8-9,11,15H,10H2,1H3. The first kappa shape index (κ1) is 12.7. The van der Waals surface area contributed by atoms with Crippen molar-refractivity contribution in [1.82, 2.24) is 0 Å². The van der Waals surface area contributed by atoms with Crippen molar-refractivity contribution in [3.05, 3.63) is 21.9 Å². The second-order valence-electron chi connectivity index (χ2n) is 2.73. The van der Waals surface area contributed by atoms with Gasteiger partial charge in [0.1, 0.15) is 6.10 Å². The van der Waals surface area contributed by atoms with Crippen LogP contribution in [-0.2, 0) is 0 Å². The van der Waals surface area contributed by atoms with Crippen LogP contribution < -0.4 is 0 Å². The molecule has 80 valence electrons. The van der Waals surface area contributed by atoms with Crippen molar-refractivity contribution in [3.63, 3.8) is 0 Å². The lowest BCUT2D eigenvalue weighted by Crippen LogP contribution is -2.03. The molecule has 1 aromatic heterocycles. The highest BCUT2D eigenvalue weighted by Gasteiger charge is 1.96. The number of alkyl halides is 1. The number of halogens is 1. The lowest BCUT2D eigenvalue weighted by Gasteiger charge is -1.91. The van der Waals surface area contributed by atoms with Gasteiger partial charge in [0.2, 0.25) is 0 Å². The molecule has 1 rings (SSSR count). The zero-order valence-corrected chi connectivity index (χ0v) is 10.2. The molecule has 1 atom stereocenters. The SMILES string of the molecule is CC#CC#Cc1ccc(C#CC(O)CCl)s1. The van der Waals surface area contributed by atoms with Crippen molar-refractivity contribution < 1.29 is 5.11 Å². The minimum absolute atomic E-state index is 0.122. The van der Waals surface area contributed by atoms with E-state index < -0.39 is 6.10 Å². The van der Waals surface area contributed by atoms with E-state index in [0.717, 1.165) is 9.75 Å². The second-order valence-corrected chi connectivity index (χ2v) is 4.12. The highest BCUT2D eigenvalue weighted by atomic mass is 35.5. The summed E-state index contributed by atoms with van der Waals surface area (Å²) >= 11 is 6.89. The molecule has 0 aliphatic heterocycles. The topological polar surface area (TPSA) is 20.2 Å². The first-order valence-electron chi connectivity index (χ1n) is 4.54. The Bertz CT molecular complexity index is 525. The summed E-state index contributed by atoms with van der Waals surface area (Å²) in [5.74, 6) is 16.6. The zero-order valence-electron chi connectivity index (χ0n) is 8.67. The number of aliphatic hydroxyl groups excluding tert-OH is 1. The monoisotopic (exact) mass is 248 g/mol. The largest absolute Gasteiger partial charge is 0.379 e. The molecule has 0 bridgehead atoms. The minimum Gasteiger partial charge on any atom is -0.379 e. The number of aliphatic hydroxyl groups is 1. The van der Waals surface area contributed by atoms with Crippen molar-refractivity contribution in [1.29, 1.82) is 0 Å². The molecule has 0 aliphatic carbocycles. The van der Waals surface area contributed by atoms with Crippen LogP contribution in [0.4, 0.5) is 0 Å². The van der Waals surface area contributed by atoms with Gasteiger partial charge in [-0.05, 0) is 36.8 Å². The van der Waals surface area contributed by atoms with Gasteiger partial charge in [0.15, 0.2) is 0 Å². The van der Waals surface area contributed by atoms with Crippen LogP contribution in [0, 0.1) is 35.5 Å². The van der Waals surface area contributed by atoms with Gasteiger partial charge in [0.25, 0.3) is 0 Å². The zero-order chi connectivity index (χ0) is 11.8. The molecule has 16 heavy (non-hydrogen) atoms. The Kier molecular flexibility index (Phi) is 5.55. The van der Waals surface area contributed by atoms with Gasteiger partial charge in [0, 0.05) is 0 Å². The maximum absolute atomic E-state index is 9.15. The summed E-state index contributed by atoms with van der Waals surface area (Å²) in [5.41, 5.74) is 0. The molecule has 1 aromatic rings. The van der Waals surface area contributed by atoms with Crippen LogP contribution in [0.2, 0.25) is 0 Å². The Balaban J connectivity index is 2.74. The predicted octanol–water partition coefficient (Wildman–Crippen LogP) is 2.07. The van der Waals surface area contributed by atoms with Crippen molar-refractivity contribution >= 4 is 22.9 Å². The predicted molar refractivity (Wildman–Crippen MR) is 68.3 cm³/mol. The molecule has 1 nitrogen and oxygen atoms in total. The van der Waals surface area contributed by atoms with Crippen LogP contribution in [0.25, 0.3) is 0 Å². The molecule has 0 amide bonds. The van der Waals surface area contributed by atoms with E-state index in [4.69, 9.17) is 16.7 Å². The quantitative estimate of drug-likeness (QED) is 0.596. The van der Waals surface area contributed by atoms with Crippen LogP contribution in [0.15, 0.2) is 12.1 Å². The minimum atomic E-state index is -0.774. The molecule has 0 aromatic carbocycles. The average Bonchev–Trinajstić information content (AvgIpc) is 2.74. The Labute approximate surface area is 104 Å². The van der Waals surface area contributed by atoms with Crippen LogP contribution >= 0.6 is 22.9 Å². The first-order chi connectivity index (χ1) is 7.76. The summed E-state index contributed by atoms with van der Waals surface area (Å²) in [5, 5.41) is 9.15. The summed E-state index contributed by atoms with van der Waals surface area (Å²) in [6, 6.07) is 3.74. The molecule has 1 heterocycles. The van der Waals surface area contributed by atoms with Gasteiger partial charge in [-0.3, -0.25) is 0 Å². The van der Waals surface area contributed by atoms with E-state index in [0.29, 0.717) is 0 Å². The Morgan fingerprint density at radius 1 is 1.31 bits per heavy atom. The summed E-state index contributed by atoms with van der Waals surface area (Å²) in [6.07, 6.45) is -0.774. The van der Waals surface area contributed by atoms with E-state index in [9.17, 15) is 0 Å². The fourth-order valence-corrected chi connectivity index (χ4v) is 1.62. The van der Waals surface area contributed by atoms with E-state index >= 15 is 0 Å². The van der Waals surface area contributed by atoms with Gasteiger partial charge in [-0.1, -0.05) is 17.8 Å². The van der Waals surface area contributed by atoms with Gasteiger partial charge < -0.3 is 5.11 Å². The maximum Gasteiger partial charge on any atom is 0.128 e. The van der Waals surface area contributed by atoms with Crippen molar-refractivity contribution in [3.8, 4) is 35.5 Å². The molecule has 0 saturated carbocycles. The van der Waals surface area contributed by atoms with Gasteiger partial charge >= 0.3 is 0 Å². The molecular weight excluding hydrogens is 240 g/mol. The molecule has 3 heteroatoms. The highest BCUT2D eigenvalue weighted by molar-refractivity contribution is 7.13. The van der Waals surface area contributed by atoms with Gasteiger partial charge in [0.05, 0.1) is 15.6 Å². The smallest absolute Gasteiger partial charge is 0.128 e. The lowest BCUT2D eigenvalue weighted by atomic mass is 10.3. The third-order valence-electron chi connectivity index (χ3n) is 1.49. The maximum atomic E-state index is 9.15. The van der Waals surface area contributed by atoms with Gasteiger partial charge in [-0.25, -0.2) is 0 Å². The number of thiophene rings is 1. The lowest BCUT2D eigenvalue weighted by molar-refractivity contribution is 0.256. The number of rotatable bonds is 1. The van der Waals surface area contributed by atoms with Crippen LogP contribution in [0.3, 0.4) is 0 Å². The van der Waals surface area contributed by atoms with Gasteiger partial charge in [-0.2, -0.15) is 0 Å². The molecule has 0 aliphatic rings. The van der Waals surface area contributed by atoms with Crippen molar-refractivity contribution in [2.75, 3.05) is 5.88 Å². The van der Waals surface area contributed by atoms with E-state index in [2.05, 4.69) is 35.5 Å². The summed E-state index contributed by atoms with van der Waals surface area (Å²) in [4.78, 5) is 1.77. The van der Waals surface area contributed by atoms with E-state index in [1.165, 1.54) is 11.3 Å². The van der Waals surface area contributed by atoms with Crippen LogP contribution in [-0.4, -0.2) is 17.1 Å². The molecule has 0 spiro atoms. The molecule has 0 fully saturated rings. The van der Waals surface area contributed by atoms with Crippen molar-refractivity contribution in [2.45, 2.75) is 13.0 Å². The van der Waals surface area contributed by atoms with Crippen LogP contribution in [0.1, 0.15) is 16.7 Å². The number of hydrogen-bond acceptors (Lipinski definition) is 2. The van der Waals surface area contributed by atoms with E-state index in [-0.39, 0.29) is 5.88 Å². The van der Waals surface area contributed by atoms with E-state index in [1.807, 2.05) is 12.1 Å². The Morgan fingerprint density at radius 3 is 2.62 bits per heavy atom. The summed E-state index contributed by atoms with van der Waals surface area (Å²) in [7, 11) is 0. The fourth-order valence-electron chi connectivity index (χ4n) is 0.821. The second kappa shape index (κ2) is 7.00. The third-order valence-corrected chi connectivity index (χ3v) is 2.70. The molecule has 0 radical (unpaired) electrons. The van der Waals surface area contributed by atoms with E-state index in [1.54, 1.807) is 6.92 Å². The number of hydrogen-bond donors (Lipinski definition) is 1. The normalized spacial score (nSPS) is 9.94. The summed E-state index contributed by atoms with van der Waals surface area (Å²) in [6.45, 7) is 1.74. The molecule has 1 N–H and O–H groups in total. The highest BCUT2D eigenvalue weighted by Crippen LogP contribution is 2.13. The molecule has 0 saturated heterocycles. The van der Waals surface area contributed by atoms with Crippen LogP contribution in [0.5, 0.6) is 0 Å². The fraction of sp³-hybridized carbons (Fsp3) is 0.231. The Hall–Kier alpha value is -1.37. The molecule has 1 unspecified atom stereocenters. The third kappa shape index (κ3) is 4.43. The summed E-state index contributed by atoms with van der Waals surface area (Å²) < 4.78 is 0.